The van der Waals surface area contributed by atoms with Gasteiger partial charge in [-0.15, -0.1) is 0 Å². The number of hydrogen-bond donors (Lipinski definition) is 0. The fourth-order valence-corrected chi connectivity index (χ4v) is 3.85. The predicted octanol–water partition coefficient (Wildman–Crippen LogP) is 4.69. The van der Waals surface area contributed by atoms with Gasteiger partial charge >= 0.3 is 0 Å². The lowest BCUT2D eigenvalue weighted by Gasteiger charge is -2.18. The largest absolute Gasteiger partial charge is 0.497 e. The van der Waals surface area contributed by atoms with Gasteiger partial charge in [0.05, 0.1) is 31.3 Å². The summed E-state index contributed by atoms with van der Waals surface area (Å²) in [6, 6.07) is 12.2. The van der Waals surface area contributed by atoms with Crippen molar-refractivity contribution in [3.63, 3.8) is 0 Å². The third kappa shape index (κ3) is 4.92. The average molecular weight is 432 g/mol. The molecule has 0 bridgehead atoms. The van der Waals surface area contributed by atoms with Crippen LogP contribution < -0.4 is 14.2 Å². The topological polar surface area (TPSA) is 56.7 Å². The van der Waals surface area contributed by atoms with Crippen molar-refractivity contribution in [3.05, 3.63) is 71.2 Å². The summed E-state index contributed by atoms with van der Waals surface area (Å²) in [7, 11) is 3.36. The van der Waals surface area contributed by atoms with E-state index in [0.29, 0.717) is 6.61 Å². The van der Waals surface area contributed by atoms with Gasteiger partial charge in [0.15, 0.2) is 11.5 Å². The fraction of sp³-hybridized carbons (Fsp3) is 0.308. The minimum Gasteiger partial charge on any atom is -0.497 e. The zero-order valence-corrected chi connectivity index (χ0v) is 19.1. The number of fused-ring (bicyclic) bond motifs is 1. The van der Waals surface area contributed by atoms with Crippen LogP contribution in [-0.4, -0.2) is 48.8 Å². The van der Waals surface area contributed by atoms with Gasteiger partial charge in [-0.05, 0) is 43.7 Å². The lowest BCUT2D eigenvalue weighted by Crippen LogP contribution is -2.25. The highest BCUT2D eigenvalue weighted by Gasteiger charge is 2.21. The minimum absolute atomic E-state index is 0.613. The quantitative estimate of drug-likeness (QED) is 0.565. The molecule has 0 aliphatic carbocycles. The number of benzene rings is 2. The third-order valence-corrected chi connectivity index (χ3v) is 5.54. The first kappa shape index (κ1) is 21.8. The Hall–Kier alpha value is -3.38. The highest BCUT2D eigenvalue weighted by atomic mass is 16.5. The van der Waals surface area contributed by atoms with Gasteiger partial charge in [-0.25, -0.2) is 4.98 Å². The highest BCUT2D eigenvalue weighted by molar-refractivity contribution is 5.68. The molecule has 2 heterocycles. The number of methoxy groups -OCH3 is 2. The van der Waals surface area contributed by atoms with Gasteiger partial charge in [0.25, 0.3) is 0 Å². The molecule has 0 saturated carbocycles. The molecule has 4 rings (SSSR count). The fourth-order valence-electron chi connectivity index (χ4n) is 3.85. The van der Waals surface area contributed by atoms with E-state index in [9.17, 15) is 0 Å². The Morgan fingerprint density at radius 1 is 1.09 bits per heavy atom. The van der Waals surface area contributed by atoms with Gasteiger partial charge in [0, 0.05) is 37.0 Å². The number of aromatic nitrogens is 2. The Bertz CT molecular complexity index is 1110. The molecule has 0 N–H and O–H groups in total. The maximum Gasteiger partial charge on any atom is 0.165 e. The van der Waals surface area contributed by atoms with Gasteiger partial charge in [-0.1, -0.05) is 24.3 Å². The summed E-state index contributed by atoms with van der Waals surface area (Å²) in [4.78, 5) is 11.6. The molecule has 0 atom stereocenters. The first-order chi connectivity index (χ1) is 15.6. The summed E-state index contributed by atoms with van der Waals surface area (Å²) in [5.74, 6) is 2.41. The van der Waals surface area contributed by atoms with E-state index in [-0.39, 0.29) is 0 Å². The lowest BCUT2D eigenvalue weighted by atomic mass is 10.0. The Morgan fingerprint density at radius 3 is 2.66 bits per heavy atom. The summed E-state index contributed by atoms with van der Waals surface area (Å²) < 4.78 is 17.0. The van der Waals surface area contributed by atoms with Crippen LogP contribution >= 0.6 is 0 Å². The standard InChI is InChI=1S/C26H29N3O3/c1-18-16-27-19(2)25(28-18)21-14-22-17-29(12-13-32-26(22)24(15-21)31-4)11-5-6-20-7-9-23(30-3)10-8-20/h5-10,14-16H,11-13,17H2,1-4H3. The highest BCUT2D eigenvalue weighted by Crippen LogP contribution is 2.38. The van der Waals surface area contributed by atoms with Crippen LogP contribution in [0.2, 0.25) is 0 Å². The van der Waals surface area contributed by atoms with E-state index in [1.807, 2.05) is 32.0 Å². The van der Waals surface area contributed by atoms with E-state index >= 15 is 0 Å². The van der Waals surface area contributed by atoms with E-state index in [2.05, 4.69) is 40.2 Å². The Kier molecular flexibility index (Phi) is 6.71. The number of hydrogen-bond acceptors (Lipinski definition) is 6. The molecule has 0 radical (unpaired) electrons. The van der Waals surface area contributed by atoms with Crippen molar-refractivity contribution in [2.45, 2.75) is 20.4 Å². The Labute approximate surface area is 189 Å². The van der Waals surface area contributed by atoms with Gasteiger partial charge in [-0.3, -0.25) is 9.88 Å². The first-order valence-corrected chi connectivity index (χ1v) is 10.7. The molecule has 0 saturated heterocycles. The van der Waals surface area contributed by atoms with Crippen LogP contribution in [0.3, 0.4) is 0 Å². The second-order valence-electron chi connectivity index (χ2n) is 7.87. The van der Waals surface area contributed by atoms with Crippen molar-refractivity contribution in [2.75, 3.05) is 33.9 Å². The third-order valence-electron chi connectivity index (χ3n) is 5.54. The maximum atomic E-state index is 6.10. The molecule has 1 aromatic heterocycles. The number of ether oxygens (including phenoxy) is 3. The molecule has 6 nitrogen and oxygen atoms in total. The molecule has 32 heavy (non-hydrogen) atoms. The molecule has 0 amide bonds. The van der Waals surface area contributed by atoms with Crippen molar-refractivity contribution >= 4 is 6.08 Å². The lowest BCUT2D eigenvalue weighted by molar-refractivity contribution is 0.238. The summed E-state index contributed by atoms with van der Waals surface area (Å²) >= 11 is 0. The summed E-state index contributed by atoms with van der Waals surface area (Å²) in [6.07, 6.45) is 6.11. The van der Waals surface area contributed by atoms with E-state index in [1.54, 1.807) is 20.4 Å². The molecule has 1 aliphatic rings. The molecular formula is C26H29N3O3. The van der Waals surface area contributed by atoms with E-state index in [0.717, 1.165) is 70.7 Å². The van der Waals surface area contributed by atoms with Gasteiger partial charge in [0.1, 0.15) is 12.4 Å². The predicted molar refractivity (Wildman–Crippen MR) is 126 cm³/mol. The Balaban J connectivity index is 1.56. The van der Waals surface area contributed by atoms with Crippen LogP contribution in [-0.2, 0) is 6.54 Å². The van der Waals surface area contributed by atoms with Gasteiger partial charge < -0.3 is 14.2 Å². The van der Waals surface area contributed by atoms with Crippen molar-refractivity contribution in [1.29, 1.82) is 0 Å². The molecule has 6 heteroatoms. The number of rotatable bonds is 6. The zero-order valence-electron chi connectivity index (χ0n) is 19.1. The first-order valence-electron chi connectivity index (χ1n) is 10.7. The number of aryl methyl sites for hydroxylation is 2. The van der Waals surface area contributed by atoms with Crippen LogP contribution in [0.4, 0.5) is 0 Å². The van der Waals surface area contributed by atoms with Crippen LogP contribution in [0.15, 0.2) is 48.7 Å². The van der Waals surface area contributed by atoms with Crippen LogP contribution in [0.25, 0.3) is 17.3 Å². The zero-order chi connectivity index (χ0) is 22.5. The van der Waals surface area contributed by atoms with Crippen molar-refractivity contribution in [3.8, 4) is 28.5 Å². The van der Waals surface area contributed by atoms with Crippen LogP contribution in [0.5, 0.6) is 17.2 Å². The van der Waals surface area contributed by atoms with E-state index in [4.69, 9.17) is 19.2 Å². The second-order valence-corrected chi connectivity index (χ2v) is 7.87. The van der Waals surface area contributed by atoms with E-state index < -0.39 is 0 Å². The van der Waals surface area contributed by atoms with Crippen LogP contribution in [0, 0.1) is 13.8 Å². The molecular weight excluding hydrogens is 402 g/mol. The summed E-state index contributed by atoms with van der Waals surface area (Å²) in [6.45, 7) is 6.98. The smallest absolute Gasteiger partial charge is 0.165 e. The van der Waals surface area contributed by atoms with Crippen molar-refractivity contribution in [2.24, 2.45) is 0 Å². The normalized spacial score (nSPS) is 14.0. The molecule has 3 aromatic rings. The molecule has 166 valence electrons. The summed E-state index contributed by atoms with van der Waals surface area (Å²) in [5.41, 5.74) is 5.90. The molecule has 1 aliphatic heterocycles. The van der Waals surface area contributed by atoms with Gasteiger partial charge in [0.2, 0.25) is 0 Å². The Morgan fingerprint density at radius 2 is 1.91 bits per heavy atom. The monoisotopic (exact) mass is 431 g/mol. The second kappa shape index (κ2) is 9.83. The van der Waals surface area contributed by atoms with E-state index in [1.165, 1.54) is 0 Å². The van der Waals surface area contributed by atoms with Crippen molar-refractivity contribution < 1.29 is 14.2 Å². The SMILES string of the molecule is COc1ccc(C=CCN2CCOc3c(cc(-c4nc(C)cnc4C)cc3OC)C2)cc1. The molecule has 2 aromatic carbocycles. The van der Waals surface area contributed by atoms with Crippen molar-refractivity contribution in [1.82, 2.24) is 14.9 Å². The summed E-state index contributed by atoms with van der Waals surface area (Å²) in [5, 5.41) is 0. The molecule has 0 spiro atoms. The molecule has 0 unspecified atom stereocenters. The van der Waals surface area contributed by atoms with Crippen LogP contribution in [0.1, 0.15) is 22.5 Å². The van der Waals surface area contributed by atoms with Gasteiger partial charge in [-0.2, -0.15) is 0 Å². The minimum atomic E-state index is 0.613. The number of nitrogens with zero attached hydrogens (tertiary/aromatic N) is 3. The molecule has 0 fully saturated rings. The maximum absolute atomic E-state index is 6.10. The average Bonchev–Trinajstić information content (AvgIpc) is 3.02.